The minimum absolute atomic E-state index is 0.0479. The van der Waals surface area contributed by atoms with E-state index in [1.807, 2.05) is 0 Å². The van der Waals surface area contributed by atoms with Crippen molar-refractivity contribution in [1.82, 2.24) is 0 Å². The molecule has 2 rings (SSSR count). The van der Waals surface area contributed by atoms with Gasteiger partial charge >= 0.3 is 0 Å². The molecule has 0 aliphatic carbocycles. The van der Waals surface area contributed by atoms with Crippen molar-refractivity contribution in [3.05, 3.63) is 0 Å². The Labute approximate surface area is 105 Å². The van der Waals surface area contributed by atoms with Gasteiger partial charge in [0, 0.05) is 24.7 Å². The summed E-state index contributed by atoms with van der Waals surface area (Å²) in [5.41, 5.74) is 6.41. The van der Waals surface area contributed by atoms with E-state index in [4.69, 9.17) is 15.2 Å². The van der Waals surface area contributed by atoms with Crippen LogP contribution in [0.5, 0.6) is 0 Å². The van der Waals surface area contributed by atoms with Crippen molar-refractivity contribution in [3.63, 3.8) is 0 Å². The summed E-state index contributed by atoms with van der Waals surface area (Å²) >= 11 is 0. The molecule has 0 amide bonds. The van der Waals surface area contributed by atoms with Gasteiger partial charge in [-0.15, -0.1) is 0 Å². The van der Waals surface area contributed by atoms with E-state index in [0.29, 0.717) is 5.92 Å². The smallest absolute Gasteiger partial charge is 0.0680 e. The van der Waals surface area contributed by atoms with Crippen LogP contribution in [0.25, 0.3) is 0 Å². The summed E-state index contributed by atoms with van der Waals surface area (Å²) in [6.07, 6.45) is 4.14. The highest BCUT2D eigenvalue weighted by molar-refractivity contribution is 5.06. The maximum absolute atomic E-state index is 6.70. The van der Waals surface area contributed by atoms with Crippen LogP contribution in [-0.2, 0) is 9.47 Å². The molecular weight excluding hydrogens is 214 g/mol. The second-order valence-corrected chi connectivity index (χ2v) is 6.92. The molecule has 2 unspecified atom stereocenters. The normalized spacial score (nSPS) is 41.1. The first-order valence-corrected chi connectivity index (χ1v) is 6.82. The molecular formula is C14H27NO2. The van der Waals surface area contributed by atoms with Crippen LogP contribution in [0.4, 0.5) is 0 Å². The lowest BCUT2D eigenvalue weighted by Gasteiger charge is -2.40. The van der Waals surface area contributed by atoms with E-state index >= 15 is 0 Å². The summed E-state index contributed by atoms with van der Waals surface area (Å²) in [4.78, 5) is 0. The Hall–Kier alpha value is -0.120. The molecule has 0 bridgehead atoms. The average Bonchev–Trinajstić information content (AvgIpc) is 2.37. The van der Waals surface area contributed by atoms with Crippen molar-refractivity contribution in [2.24, 2.45) is 11.7 Å². The third kappa shape index (κ3) is 2.67. The summed E-state index contributed by atoms with van der Waals surface area (Å²) in [5, 5.41) is 0. The van der Waals surface area contributed by atoms with Gasteiger partial charge in [0.05, 0.1) is 11.2 Å². The van der Waals surface area contributed by atoms with Crippen molar-refractivity contribution in [2.45, 2.75) is 70.1 Å². The van der Waals surface area contributed by atoms with Gasteiger partial charge < -0.3 is 15.2 Å². The van der Waals surface area contributed by atoms with Gasteiger partial charge in [0.1, 0.15) is 0 Å². The Morgan fingerprint density at radius 1 is 1.06 bits per heavy atom. The summed E-state index contributed by atoms with van der Waals surface area (Å²) < 4.78 is 11.7. The van der Waals surface area contributed by atoms with E-state index < -0.39 is 0 Å². The first-order valence-electron chi connectivity index (χ1n) is 6.82. The number of nitrogens with two attached hydrogens (primary N) is 1. The van der Waals surface area contributed by atoms with Crippen molar-refractivity contribution in [2.75, 3.05) is 13.2 Å². The number of rotatable bonds is 1. The van der Waals surface area contributed by atoms with Gasteiger partial charge in [-0.05, 0) is 53.4 Å². The second kappa shape index (κ2) is 4.22. The highest BCUT2D eigenvalue weighted by Gasteiger charge is 2.53. The van der Waals surface area contributed by atoms with Crippen LogP contribution in [0.1, 0.15) is 53.4 Å². The second-order valence-electron chi connectivity index (χ2n) is 6.92. The molecule has 0 aromatic heterocycles. The van der Waals surface area contributed by atoms with Crippen LogP contribution in [0.2, 0.25) is 0 Å². The molecule has 0 aromatic rings. The molecule has 0 saturated carbocycles. The summed E-state index contributed by atoms with van der Waals surface area (Å²) in [6, 6.07) is 0. The molecule has 100 valence electrons. The van der Waals surface area contributed by atoms with Crippen molar-refractivity contribution in [3.8, 4) is 0 Å². The SMILES string of the molecule is CC1(C)CC(C2(N)CCCOCC2)C(C)(C)O1. The summed E-state index contributed by atoms with van der Waals surface area (Å²) in [7, 11) is 0. The van der Waals surface area contributed by atoms with Crippen molar-refractivity contribution < 1.29 is 9.47 Å². The first kappa shape index (κ1) is 13.3. The molecule has 2 N–H and O–H groups in total. The maximum Gasteiger partial charge on any atom is 0.0680 e. The quantitative estimate of drug-likeness (QED) is 0.767. The summed E-state index contributed by atoms with van der Waals surface area (Å²) in [6.45, 7) is 10.4. The topological polar surface area (TPSA) is 44.5 Å². The lowest BCUT2D eigenvalue weighted by Crippen LogP contribution is -2.53. The van der Waals surface area contributed by atoms with Crippen LogP contribution in [-0.4, -0.2) is 30.0 Å². The minimum Gasteiger partial charge on any atom is -0.381 e. The Morgan fingerprint density at radius 3 is 2.35 bits per heavy atom. The third-order valence-electron chi connectivity index (χ3n) is 4.41. The van der Waals surface area contributed by atoms with Gasteiger partial charge in [-0.25, -0.2) is 0 Å². The van der Waals surface area contributed by atoms with Crippen molar-refractivity contribution in [1.29, 1.82) is 0 Å². The van der Waals surface area contributed by atoms with E-state index in [2.05, 4.69) is 27.7 Å². The van der Waals surface area contributed by atoms with Gasteiger partial charge in [0.25, 0.3) is 0 Å². The van der Waals surface area contributed by atoms with E-state index in [0.717, 1.165) is 38.9 Å². The molecule has 2 heterocycles. The van der Waals surface area contributed by atoms with E-state index in [-0.39, 0.29) is 16.7 Å². The first-order chi connectivity index (χ1) is 7.75. The van der Waals surface area contributed by atoms with Gasteiger partial charge in [0.15, 0.2) is 0 Å². The Morgan fingerprint density at radius 2 is 1.76 bits per heavy atom. The molecule has 0 spiro atoms. The predicted molar refractivity (Wildman–Crippen MR) is 68.9 cm³/mol. The Balaban J connectivity index is 2.20. The highest BCUT2D eigenvalue weighted by atomic mass is 16.5. The van der Waals surface area contributed by atoms with Crippen LogP contribution in [0.3, 0.4) is 0 Å². The van der Waals surface area contributed by atoms with Crippen LogP contribution < -0.4 is 5.73 Å². The predicted octanol–water partition coefficient (Wildman–Crippen LogP) is 2.48. The van der Waals surface area contributed by atoms with Gasteiger partial charge in [-0.3, -0.25) is 0 Å². The van der Waals surface area contributed by atoms with Crippen LogP contribution >= 0.6 is 0 Å². The minimum atomic E-state index is -0.122. The molecule has 2 fully saturated rings. The zero-order valence-corrected chi connectivity index (χ0v) is 11.7. The zero-order valence-electron chi connectivity index (χ0n) is 11.7. The molecule has 3 heteroatoms. The zero-order chi connectivity index (χ0) is 12.7. The molecule has 2 aliphatic heterocycles. The van der Waals surface area contributed by atoms with Crippen LogP contribution in [0.15, 0.2) is 0 Å². The van der Waals surface area contributed by atoms with Gasteiger partial charge in [-0.2, -0.15) is 0 Å². The van der Waals surface area contributed by atoms with Gasteiger partial charge in [-0.1, -0.05) is 0 Å². The van der Waals surface area contributed by atoms with Crippen LogP contribution in [0, 0.1) is 5.92 Å². The molecule has 2 aliphatic rings. The summed E-state index contributed by atoms with van der Waals surface area (Å²) in [5.74, 6) is 0.423. The van der Waals surface area contributed by atoms with E-state index in [9.17, 15) is 0 Å². The molecule has 2 saturated heterocycles. The largest absolute Gasteiger partial charge is 0.381 e. The lowest BCUT2D eigenvalue weighted by atomic mass is 9.69. The number of hydrogen-bond donors (Lipinski definition) is 1. The van der Waals surface area contributed by atoms with Crippen molar-refractivity contribution >= 4 is 0 Å². The molecule has 17 heavy (non-hydrogen) atoms. The maximum atomic E-state index is 6.70. The third-order valence-corrected chi connectivity index (χ3v) is 4.41. The fourth-order valence-corrected chi connectivity index (χ4v) is 3.80. The average molecular weight is 241 g/mol. The Bertz CT molecular complexity index is 278. The molecule has 0 aromatic carbocycles. The Kier molecular flexibility index (Phi) is 3.30. The monoisotopic (exact) mass is 241 g/mol. The standard InChI is InChI=1S/C14H27NO2/c1-12(2)10-11(13(3,4)17-12)14(15)6-5-8-16-9-7-14/h11H,5-10,15H2,1-4H3. The fraction of sp³-hybridized carbons (Fsp3) is 1.00. The molecule has 0 radical (unpaired) electrons. The molecule has 2 atom stereocenters. The number of hydrogen-bond acceptors (Lipinski definition) is 3. The lowest BCUT2D eigenvalue weighted by molar-refractivity contribution is -0.0829. The number of ether oxygens (including phenoxy) is 2. The van der Waals surface area contributed by atoms with Gasteiger partial charge in [0.2, 0.25) is 0 Å². The van der Waals surface area contributed by atoms with E-state index in [1.54, 1.807) is 0 Å². The highest BCUT2D eigenvalue weighted by Crippen LogP contribution is 2.48. The molecule has 3 nitrogen and oxygen atoms in total. The van der Waals surface area contributed by atoms with E-state index in [1.165, 1.54) is 0 Å². The fourth-order valence-electron chi connectivity index (χ4n) is 3.80.